The Morgan fingerprint density at radius 1 is 1.07 bits per heavy atom. The first-order valence-electron chi connectivity index (χ1n) is 4.82. The third kappa shape index (κ3) is 2.40. The lowest BCUT2D eigenvalue weighted by atomic mass is 10.0. The number of benzene rings is 1. The lowest BCUT2D eigenvalue weighted by Crippen LogP contribution is -2.05. The molecule has 0 bridgehead atoms. The van der Waals surface area contributed by atoms with Gasteiger partial charge in [-0.15, -0.1) is 0 Å². The number of rotatable bonds is 5. The van der Waals surface area contributed by atoms with E-state index in [1.165, 1.54) is 0 Å². The largest absolute Gasteiger partial charge is 0.496 e. The van der Waals surface area contributed by atoms with Gasteiger partial charge >= 0.3 is 0 Å². The standard InChI is InChI=1S/C11H17NO3/c1-4-8-9(7-15-12)11(14-3)6-5-10(8)13-2/h5-6H,4,7,12H2,1-3H3. The second-order valence-electron chi connectivity index (χ2n) is 3.09. The van der Waals surface area contributed by atoms with E-state index >= 15 is 0 Å². The quantitative estimate of drug-likeness (QED) is 0.752. The van der Waals surface area contributed by atoms with Crippen LogP contribution in [0.1, 0.15) is 18.1 Å². The monoisotopic (exact) mass is 211 g/mol. The average molecular weight is 211 g/mol. The van der Waals surface area contributed by atoms with E-state index in [4.69, 9.17) is 15.4 Å². The van der Waals surface area contributed by atoms with E-state index in [9.17, 15) is 0 Å². The predicted molar refractivity (Wildman–Crippen MR) is 57.9 cm³/mol. The summed E-state index contributed by atoms with van der Waals surface area (Å²) in [5.41, 5.74) is 2.02. The summed E-state index contributed by atoms with van der Waals surface area (Å²) < 4.78 is 10.5. The number of nitrogens with two attached hydrogens (primary N) is 1. The molecule has 0 aliphatic rings. The van der Waals surface area contributed by atoms with E-state index in [1.807, 2.05) is 12.1 Å². The van der Waals surface area contributed by atoms with Gasteiger partial charge in [-0.25, -0.2) is 5.90 Å². The summed E-state index contributed by atoms with van der Waals surface area (Å²) in [6.07, 6.45) is 0.846. The second-order valence-corrected chi connectivity index (χ2v) is 3.09. The van der Waals surface area contributed by atoms with Crippen LogP contribution in [0.4, 0.5) is 0 Å². The molecule has 0 spiro atoms. The zero-order valence-corrected chi connectivity index (χ0v) is 9.37. The van der Waals surface area contributed by atoms with E-state index in [2.05, 4.69) is 11.8 Å². The van der Waals surface area contributed by atoms with Gasteiger partial charge in [0.2, 0.25) is 0 Å². The molecular formula is C11H17NO3. The predicted octanol–water partition coefficient (Wildman–Crippen LogP) is 1.66. The molecule has 84 valence electrons. The molecule has 15 heavy (non-hydrogen) atoms. The Hall–Kier alpha value is -1.26. The van der Waals surface area contributed by atoms with Crippen LogP contribution in [0.15, 0.2) is 12.1 Å². The van der Waals surface area contributed by atoms with Crippen LogP contribution in [0.25, 0.3) is 0 Å². The summed E-state index contributed by atoms with van der Waals surface area (Å²) in [6.45, 7) is 2.38. The highest BCUT2D eigenvalue weighted by Gasteiger charge is 2.12. The second kappa shape index (κ2) is 5.58. The van der Waals surface area contributed by atoms with Crippen molar-refractivity contribution in [2.75, 3.05) is 14.2 Å². The Balaban J connectivity index is 3.24. The number of hydrogen-bond acceptors (Lipinski definition) is 4. The molecule has 1 rings (SSSR count). The molecule has 4 heteroatoms. The summed E-state index contributed by atoms with van der Waals surface area (Å²) >= 11 is 0. The van der Waals surface area contributed by atoms with Crippen LogP contribution >= 0.6 is 0 Å². The van der Waals surface area contributed by atoms with Gasteiger partial charge < -0.3 is 9.47 Å². The van der Waals surface area contributed by atoms with Crippen molar-refractivity contribution in [3.8, 4) is 11.5 Å². The molecule has 0 aromatic heterocycles. The van der Waals surface area contributed by atoms with E-state index in [-0.39, 0.29) is 0 Å². The third-order valence-electron chi connectivity index (χ3n) is 2.37. The Bertz CT molecular complexity index is 326. The van der Waals surface area contributed by atoms with Crippen LogP contribution in [0.2, 0.25) is 0 Å². The summed E-state index contributed by atoms with van der Waals surface area (Å²) in [7, 11) is 3.27. The molecule has 0 fully saturated rings. The maximum Gasteiger partial charge on any atom is 0.125 e. The fraction of sp³-hybridized carbons (Fsp3) is 0.455. The van der Waals surface area contributed by atoms with Crippen LogP contribution in [0.5, 0.6) is 11.5 Å². The van der Waals surface area contributed by atoms with Crippen LogP contribution < -0.4 is 15.4 Å². The first-order chi connectivity index (χ1) is 7.28. The van der Waals surface area contributed by atoms with Crippen molar-refractivity contribution < 1.29 is 14.3 Å². The molecule has 4 nitrogen and oxygen atoms in total. The van der Waals surface area contributed by atoms with E-state index < -0.39 is 0 Å². The molecule has 0 radical (unpaired) electrons. The van der Waals surface area contributed by atoms with Gasteiger partial charge in [-0.3, -0.25) is 4.84 Å². The highest BCUT2D eigenvalue weighted by Crippen LogP contribution is 2.31. The SMILES string of the molecule is CCc1c(OC)ccc(OC)c1CON. The Morgan fingerprint density at radius 2 is 1.60 bits per heavy atom. The molecule has 2 N–H and O–H groups in total. The molecule has 1 aromatic carbocycles. The maximum atomic E-state index is 5.27. The molecule has 0 atom stereocenters. The normalized spacial score (nSPS) is 10.1. The van der Waals surface area contributed by atoms with Crippen molar-refractivity contribution >= 4 is 0 Å². The lowest BCUT2D eigenvalue weighted by molar-refractivity contribution is 0.121. The fourth-order valence-electron chi connectivity index (χ4n) is 1.66. The van der Waals surface area contributed by atoms with Gasteiger partial charge in [0, 0.05) is 11.1 Å². The molecular weight excluding hydrogens is 194 g/mol. The minimum absolute atomic E-state index is 0.323. The maximum absolute atomic E-state index is 5.27. The molecule has 0 saturated heterocycles. The van der Waals surface area contributed by atoms with Crippen molar-refractivity contribution in [3.63, 3.8) is 0 Å². The van der Waals surface area contributed by atoms with E-state index in [1.54, 1.807) is 14.2 Å². The van der Waals surface area contributed by atoms with Gasteiger partial charge in [0.05, 0.1) is 20.8 Å². The zero-order valence-electron chi connectivity index (χ0n) is 9.37. The molecule has 0 amide bonds. The minimum Gasteiger partial charge on any atom is -0.496 e. The average Bonchev–Trinajstić information content (AvgIpc) is 2.28. The van der Waals surface area contributed by atoms with Crippen LogP contribution in [-0.2, 0) is 17.9 Å². The highest BCUT2D eigenvalue weighted by molar-refractivity contribution is 5.48. The highest BCUT2D eigenvalue weighted by atomic mass is 16.6. The molecule has 0 aliphatic carbocycles. The van der Waals surface area contributed by atoms with Crippen molar-refractivity contribution in [1.29, 1.82) is 0 Å². The van der Waals surface area contributed by atoms with Crippen LogP contribution in [0.3, 0.4) is 0 Å². The topological polar surface area (TPSA) is 53.7 Å². The Morgan fingerprint density at radius 3 is 2.00 bits per heavy atom. The van der Waals surface area contributed by atoms with Crippen LogP contribution in [-0.4, -0.2) is 14.2 Å². The Labute approximate surface area is 89.9 Å². The first kappa shape index (κ1) is 11.8. The summed E-state index contributed by atoms with van der Waals surface area (Å²) in [5.74, 6) is 6.72. The third-order valence-corrected chi connectivity index (χ3v) is 2.37. The van der Waals surface area contributed by atoms with Gasteiger partial charge in [-0.2, -0.15) is 0 Å². The van der Waals surface area contributed by atoms with Gasteiger partial charge in [0.15, 0.2) is 0 Å². The van der Waals surface area contributed by atoms with E-state index in [0.717, 1.165) is 29.0 Å². The summed E-state index contributed by atoms with van der Waals surface area (Å²) in [5, 5.41) is 0. The number of ether oxygens (including phenoxy) is 2. The van der Waals surface area contributed by atoms with Crippen molar-refractivity contribution in [1.82, 2.24) is 0 Å². The zero-order chi connectivity index (χ0) is 11.3. The summed E-state index contributed by atoms with van der Waals surface area (Å²) in [4.78, 5) is 4.68. The lowest BCUT2D eigenvalue weighted by Gasteiger charge is -2.15. The smallest absolute Gasteiger partial charge is 0.125 e. The number of methoxy groups -OCH3 is 2. The minimum atomic E-state index is 0.323. The summed E-state index contributed by atoms with van der Waals surface area (Å²) in [6, 6.07) is 3.74. The molecule has 0 unspecified atom stereocenters. The van der Waals surface area contributed by atoms with Gasteiger partial charge in [-0.1, -0.05) is 6.92 Å². The Kier molecular flexibility index (Phi) is 4.39. The van der Waals surface area contributed by atoms with Gasteiger partial charge in [-0.05, 0) is 18.6 Å². The molecule has 1 aromatic rings. The van der Waals surface area contributed by atoms with Crippen molar-refractivity contribution in [2.45, 2.75) is 20.0 Å². The van der Waals surface area contributed by atoms with E-state index in [0.29, 0.717) is 6.61 Å². The van der Waals surface area contributed by atoms with Gasteiger partial charge in [0.1, 0.15) is 11.5 Å². The molecule has 0 heterocycles. The first-order valence-corrected chi connectivity index (χ1v) is 4.82. The number of hydrogen-bond donors (Lipinski definition) is 1. The van der Waals surface area contributed by atoms with Crippen molar-refractivity contribution in [2.24, 2.45) is 5.90 Å². The van der Waals surface area contributed by atoms with Crippen LogP contribution in [0, 0.1) is 0 Å². The fourth-order valence-corrected chi connectivity index (χ4v) is 1.66. The van der Waals surface area contributed by atoms with Crippen molar-refractivity contribution in [3.05, 3.63) is 23.3 Å². The molecule has 0 saturated carbocycles. The molecule has 0 aliphatic heterocycles. The van der Waals surface area contributed by atoms with Gasteiger partial charge in [0.25, 0.3) is 0 Å².